The molecule has 0 spiro atoms. The predicted octanol–water partition coefficient (Wildman–Crippen LogP) is 3.71. The van der Waals surface area contributed by atoms with Crippen LogP contribution in [0.1, 0.15) is 48.7 Å². The molecule has 0 bridgehead atoms. The summed E-state index contributed by atoms with van der Waals surface area (Å²) < 4.78 is 47.8. The van der Waals surface area contributed by atoms with Gasteiger partial charge in [-0.05, 0) is 25.2 Å². The van der Waals surface area contributed by atoms with Crippen LogP contribution in [0.3, 0.4) is 0 Å². The third-order valence-corrected chi connectivity index (χ3v) is 7.03. The van der Waals surface area contributed by atoms with Crippen LogP contribution in [0.25, 0.3) is 0 Å². The number of anilines is 3. The highest BCUT2D eigenvalue weighted by molar-refractivity contribution is 7.13. The average Bonchev–Trinajstić information content (AvgIpc) is 3.33. The smallest absolute Gasteiger partial charge is 0.384 e. The van der Waals surface area contributed by atoms with Crippen molar-refractivity contribution >= 4 is 28.1 Å². The maximum absolute atomic E-state index is 13.9. The van der Waals surface area contributed by atoms with Crippen molar-refractivity contribution in [3.05, 3.63) is 52.6 Å². The van der Waals surface area contributed by atoms with Crippen molar-refractivity contribution < 1.29 is 17.9 Å². The molecule has 0 radical (unpaired) electrons. The molecule has 3 aromatic rings. The van der Waals surface area contributed by atoms with E-state index >= 15 is 0 Å². The summed E-state index contributed by atoms with van der Waals surface area (Å²) in [7, 11) is 0. The first-order chi connectivity index (χ1) is 17.2. The summed E-state index contributed by atoms with van der Waals surface area (Å²) in [6.45, 7) is 7.49. The highest BCUT2D eigenvalue weighted by atomic mass is 32.1. The monoisotopic (exact) mass is 522 g/mol. The quantitative estimate of drug-likeness (QED) is 0.456. The van der Waals surface area contributed by atoms with Gasteiger partial charge >= 0.3 is 6.18 Å². The minimum Gasteiger partial charge on any atom is -0.384 e. The van der Waals surface area contributed by atoms with Gasteiger partial charge < -0.3 is 26.0 Å². The first kappa shape index (κ1) is 26.0. The second-order valence-corrected chi connectivity index (χ2v) is 9.29. The van der Waals surface area contributed by atoms with Gasteiger partial charge in [-0.25, -0.2) is 19.9 Å². The van der Waals surface area contributed by atoms with Gasteiger partial charge in [-0.1, -0.05) is 13.8 Å². The van der Waals surface area contributed by atoms with E-state index in [0.29, 0.717) is 17.5 Å². The predicted molar refractivity (Wildman–Crippen MR) is 132 cm³/mol. The van der Waals surface area contributed by atoms with E-state index in [0.717, 1.165) is 44.0 Å². The van der Waals surface area contributed by atoms with Crippen molar-refractivity contribution in [1.29, 1.82) is 0 Å². The van der Waals surface area contributed by atoms with Crippen LogP contribution in [0.15, 0.2) is 29.9 Å². The van der Waals surface area contributed by atoms with Crippen molar-refractivity contribution in [3.63, 3.8) is 0 Å². The highest BCUT2D eigenvalue weighted by Gasteiger charge is 2.40. The van der Waals surface area contributed by atoms with E-state index in [1.807, 2.05) is 10.3 Å². The van der Waals surface area contributed by atoms with E-state index in [9.17, 15) is 13.2 Å². The van der Waals surface area contributed by atoms with Crippen molar-refractivity contribution in [2.24, 2.45) is 0 Å². The molecule has 0 amide bonds. The molecule has 0 aromatic carbocycles. The lowest BCUT2D eigenvalue weighted by atomic mass is 10.0. The average molecular weight is 523 g/mol. The molecule has 4 rings (SSSR count). The molecule has 36 heavy (non-hydrogen) atoms. The fourth-order valence-corrected chi connectivity index (χ4v) is 5.01. The van der Waals surface area contributed by atoms with Crippen molar-refractivity contribution in [2.75, 3.05) is 49.1 Å². The van der Waals surface area contributed by atoms with Gasteiger partial charge in [0, 0.05) is 36.3 Å². The molecule has 0 aliphatic carbocycles. The molecule has 4 N–H and O–H groups in total. The third-order valence-electron chi connectivity index (χ3n) is 6.08. The molecule has 2 atom stereocenters. The summed E-state index contributed by atoms with van der Waals surface area (Å²) in [5, 5.41) is 2.69. The Morgan fingerprint density at radius 3 is 2.56 bits per heavy atom. The van der Waals surface area contributed by atoms with E-state index in [1.165, 1.54) is 23.6 Å². The number of ether oxygens (including phenoxy) is 1. The number of pyridine rings is 1. The largest absolute Gasteiger partial charge is 0.416 e. The van der Waals surface area contributed by atoms with E-state index in [2.05, 4.69) is 33.7 Å². The van der Waals surface area contributed by atoms with Crippen LogP contribution in [-0.2, 0) is 17.3 Å². The summed E-state index contributed by atoms with van der Waals surface area (Å²) in [4.78, 5) is 21.4. The zero-order chi connectivity index (χ0) is 25.9. The second-order valence-electron chi connectivity index (χ2n) is 8.45. The molecule has 0 saturated carbocycles. The Hall–Kier alpha value is -3.03. The molecular weight excluding hydrogens is 493 g/mol. The van der Waals surface area contributed by atoms with E-state index in [1.54, 1.807) is 0 Å². The summed E-state index contributed by atoms with van der Waals surface area (Å²) in [5.41, 5.74) is 11.4. The van der Waals surface area contributed by atoms with Gasteiger partial charge in [0.1, 0.15) is 23.8 Å². The molecule has 2 unspecified atom stereocenters. The van der Waals surface area contributed by atoms with Gasteiger partial charge in [0.05, 0.1) is 24.3 Å². The van der Waals surface area contributed by atoms with Gasteiger partial charge in [-0.3, -0.25) is 0 Å². The first-order valence-corrected chi connectivity index (χ1v) is 12.5. The summed E-state index contributed by atoms with van der Waals surface area (Å²) in [6, 6.07) is 2.37. The number of nitrogens with two attached hydrogens (primary N) is 2. The standard InChI is InChI=1S/C23H29F3N8OS/c1-3-33(4-2)8-6-14-13-36-22(31-14)34-11-17(15-10-30-20(28)9-16(15)23(24,25)26)35-18(12-34)21-29-7-5-19(27)32-21/h5,7,9-10,13,17-18H,3-4,6,8,11-12H2,1-2H3,(H2,28,30)(H2,27,29,32). The van der Waals surface area contributed by atoms with Crippen LogP contribution >= 0.6 is 11.3 Å². The molecule has 1 aliphatic heterocycles. The van der Waals surface area contributed by atoms with Gasteiger partial charge in [-0.15, -0.1) is 11.3 Å². The minimum absolute atomic E-state index is 0.103. The molecule has 1 fully saturated rings. The normalized spacial score (nSPS) is 18.7. The highest BCUT2D eigenvalue weighted by Crippen LogP contribution is 2.41. The maximum Gasteiger partial charge on any atom is 0.416 e. The molecule has 9 nitrogen and oxygen atoms in total. The second kappa shape index (κ2) is 10.9. The number of rotatable bonds is 8. The Labute approximate surface area is 211 Å². The van der Waals surface area contributed by atoms with Crippen LogP contribution < -0.4 is 16.4 Å². The van der Waals surface area contributed by atoms with Crippen molar-refractivity contribution in [2.45, 2.75) is 38.7 Å². The number of halogens is 3. The van der Waals surface area contributed by atoms with Crippen LogP contribution in [0.5, 0.6) is 0 Å². The fourth-order valence-electron chi connectivity index (χ4n) is 4.13. The lowest BCUT2D eigenvalue weighted by Gasteiger charge is -2.38. The molecule has 1 saturated heterocycles. The molecule has 194 valence electrons. The SMILES string of the molecule is CCN(CC)CCc1csc(N2CC(c3nccc(N)n3)OC(c3cnc(N)cc3C(F)(F)F)C2)n1. The molecule has 13 heteroatoms. The summed E-state index contributed by atoms with van der Waals surface area (Å²) in [5.74, 6) is 0.322. The number of morpholine rings is 1. The zero-order valence-corrected chi connectivity index (χ0v) is 20.9. The van der Waals surface area contributed by atoms with E-state index in [4.69, 9.17) is 21.2 Å². The maximum atomic E-state index is 13.9. The Morgan fingerprint density at radius 2 is 1.86 bits per heavy atom. The number of nitrogens with zero attached hydrogens (tertiary/aromatic N) is 6. The van der Waals surface area contributed by atoms with Gasteiger partial charge in [0.25, 0.3) is 0 Å². The third kappa shape index (κ3) is 6.02. The van der Waals surface area contributed by atoms with Crippen LogP contribution in [0.2, 0.25) is 0 Å². The van der Waals surface area contributed by atoms with E-state index in [-0.39, 0.29) is 23.7 Å². The van der Waals surface area contributed by atoms with Crippen molar-refractivity contribution in [1.82, 2.24) is 24.8 Å². The number of hydrogen-bond donors (Lipinski definition) is 2. The van der Waals surface area contributed by atoms with E-state index < -0.39 is 23.9 Å². The molecule has 3 aromatic heterocycles. The zero-order valence-electron chi connectivity index (χ0n) is 20.1. The Morgan fingerprint density at radius 1 is 1.11 bits per heavy atom. The van der Waals surface area contributed by atoms with Crippen LogP contribution in [0.4, 0.5) is 29.9 Å². The molecule has 4 heterocycles. The van der Waals surface area contributed by atoms with Crippen molar-refractivity contribution in [3.8, 4) is 0 Å². The van der Waals surface area contributed by atoms with Crippen LogP contribution in [0, 0.1) is 0 Å². The lowest BCUT2D eigenvalue weighted by Crippen LogP contribution is -2.41. The van der Waals surface area contributed by atoms with Gasteiger partial charge in [0.15, 0.2) is 11.0 Å². The Balaban J connectivity index is 1.65. The summed E-state index contributed by atoms with van der Waals surface area (Å²) in [6.07, 6.45) is -2.92. The molecule has 1 aliphatic rings. The Kier molecular flexibility index (Phi) is 7.91. The first-order valence-electron chi connectivity index (χ1n) is 11.7. The number of thiazole rings is 1. The lowest BCUT2D eigenvalue weighted by molar-refractivity contribution is -0.140. The number of alkyl halides is 3. The van der Waals surface area contributed by atoms with Gasteiger partial charge in [-0.2, -0.15) is 13.2 Å². The minimum atomic E-state index is -4.63. The fraction of sp³-hybridized carbons (Fsp3) is 0.478. The number of hydrogen-bond acceptors (Lipinski definition) is 10. The Bertz CT molecular complexity index is 1170. The topological polar surface area (TPSA) is 119 Å². The number of likely N-dealkylation sites (N-methyl/N-ethyl adjacent to an activating group) is 1. The number of aromatic nitrogens is 4. The van der Waals surface area contributed by atoms with Crippen LogP contribution in [-0.4, -0.2) is 57.6 Å². The van der Waals surface area contributed by atoms with Gasteiger partial charge in [0.2, 0.25) is 0 Å². The summed E-state index contributed by atoms with van der Waals surface area (Å²) >= 11 is 1.45. The molecular formula is C23H29F3N8OS. The number of nitrogen functional groups attached to an aromatic ring is 2.